The molecule has 0 aromatic heterocycles. The Balaban J connectivity index is 1.86. The van der Waals surface area contributed by atoms with Crippen molar-refractivity contribution < 1.29 is 9.47 Å². The van der Waals surface area contributed by atoms with Gasteiger partial charge < -0.3 is 9.47 Å². The lowest BCUT2D eigenvalue weighted by Crippen LogP contribution is -2.23. The van der Waals surface area contributed by atoms with E-state index in [1.165, 1.54) is 24.8 Å². The summed E-state index contributed by atoms with van der Waals surface area (Å²) in [6.07, 6.45) is 9.42. The molecule has 1 aromatic carbocycles. The first kappa shape index (κ1) is 15.1. The second-order valence-electron chi connectivity index (χ2n) is 5.53. The van der Waals surface area contributed by atoms with Crippen LogP contribution in [0, 0.1) is 11.8 Å². The van der Waals surface area contributed by atoms with Crippen molar-refractivity contribution in [1.29, 1.82) is 0 Å². The van der Waals surface area contributed by atoms with E-state index < -0.39 is 0 Å². The topological polar surface area (TPSA) is 18.5 Å². The van der Waals surface area contributed by atoms with E-state index in [0.29, 0.717) is 11.8 Å². The van der Waals surface area contributed by atoms with Gasteiger partial charge in [0.1, 0.15) is 5.75 Å². The van der Waals surface area contributed by atoms with Crippen LogP contribution in [0.4, 0.5) is 0 Å². The quantitative estimate of drug-likeness (QED) is 0.722. The highest BCUT2D eigenvalue weighted by Crippen LogP contribution is 2.26. The fourth-order valence-electron chi connectivity index (χ4n) is 2.87. The summed E-state index contributed by atoms with van der Waals surface area (Å²) in [4.78, 5) is 0. The predicted octanol–water partition coefficient (Wildman–Crippen LogP) is 4.25. The van der Waals surface area contributed by atoms with E-state index in [2.05, 4.69) is 31.2 Å². The Labute approximate surface area is 122 Å². The zero-order valence-electron chi connectivity index (χ0n) is 12.7. The van der Waals surface area contributed by atoms with Crippen molar-refractivity contribution in [1.82, 2.24) is 0 Å². The third kappa shape index (κ3) is 4.38. The van der Waals surface area contributed by atoms with Gasteiger partial charge in [-0.15, -0.1) is 0 Å². The molecule has 110 valence electrons. The molecule has 2 atom stereocenters. The van der Waals surface area contributed by atoms with Crippen LogP contribution in [0.2, 0.25) is 0 Å². The highest BCUT2D eigenvalue weighted by molar-refractivity contribution is 5.28. The molecule has 20 heavy (non-hydrogen) atoms. The van der Waals surface area contributed by atoms with Crippen molar-refractivity contribution in [3.8, 4) is 5.75 Å². The molecule has 2 nitrogen and oxygen atoms in total. The number of hydrogen-bond donors (Lipinski definition) is 0. The van der Waals surface area contributed by atoms with Gasteiger partial charge in [0, 0.05) is 13.2 Å². The minimum absolute atomic E-state index is 0.661. The molecule has 2 rings (SSSR count). The summed E-state index contributed by atoms with van der Waals surface area (Å²) in [6, 6.07) is 8.31. The van der Waals surface area contributed by atoms with Crippen molar-refractivity contribution in [3.05, 3.63) is 42.0 Å². The molecule has 0 radical (unpaired) electrons. The van der Waals surface area contributed by atoms with Gasteiger partial charge in [0.05, 0.1) is 7.11 Å². The number of methoxy groups -OCH3 is 1. The monoisotopic (exact) mass is 274 g/mol. The Hall–Kier alpha value is -1.28. The van der Waals surface area contributed by atoms with Gasteiger partial charge in [-0.1, -0.05) is 31.2 Å². The third-order valence-corrected chi connectivity index (χ3v) is 4.17. The molecule has 2 heteroatoms. The second-order valence-corrected chi connectivity index (χ2v) is 5.53. The van der Waals surface area contributed by atoms with Crippen LogP contribution in [0.3, 0.4) is 0 Å². The first-order valence-electron chi connectivity index (χ1n) is 7.70. The van der Waals surface area contributed by atoms with Crippen LogP contribution in [0.25, 0.3) is 0 Å². The number of hydrogen-bond acceptors (Lipinski definition) is 2. The van der Waals surface area contributed by atoms with Gasteiger partial charge >= 0.3 is 0 Å². The molecule has 1 heterocycles. The highest BCUT2D eigenvalue weighted by Gasteiger charge is 2.20. The third-order valence-electron chi connectivity index (χ3n) is 4.17. The Morgan fingerprint density at radius 1 is 1.35 bits per heavy atom. The number of benzene rings is 1. The summed E-state index contributed by atoms with van der Waals surface area (Å²) >= 11 is 0. The maximum Gasteiger partial charge on any atom is 0.118 e. The Kier molecular flexibility index (Phi) is 6.13. The molecule has 1 aliphatic rings. The summed E-state index contributed by atoms with van der Waals surface area (Å²) in [7, 11) is 1.70. The summed E-state index contributed by atoms with van der Waals surface area (Å²) < 4.78 is 10.8. The van der Waals surface area contributed by atoms with E-state index in [1.807, 2.05) is 12.1 Å². The standard InChI is InChI=1S/C18H26O2/c1-3-16(17-8-5-13-20-14-17)7-4-6-15-9-11-18(19-2)12-10-15/h4,7,9-12,16-17H,3,5-6,8,13-14H2,1-2H3. The normalized spacial score (nSPS) is 21.0. The van der Waals surface area contributed by atoms with Gasteiger partial charge in [0.2, 0.25) is 0 Å². The maximum absolute atomic E-state index is 5.61. The first-order valence-corrected chi connectivity index (χ1v) is 7.70. The first-order chi connectivity index (χ1) is 9.83. The smallest absolute Gasteiger partial charge is 0.118 e. The van der Waals surface area contributed by atoms with Crippen molar-refractivity contribution in [2.24, 2.45) is 11.8 Å². The molecule has 0 spiro atoms. The summed E-state index contributed by atoms with van der Waals surface area (Å²) in [5.74, 6) is 2.29. The maximum atomic E-state index is 5.61. The van der Waals surface area contributed by atoms with Gasteiger partial charge in [0.15, 0.2) is 0 Å². The Bertz CT molecular complexity index is 402. The van der Waals surface area contributed by atoms with Crippen molar-refractivity contribution in [3.63, 3.8) is 0 Å². The summed E-state index contributed by atoms with van der Waals surface area (Å²) in [5.41, 5.74) is 1.33. The lowest BCUT2D eigenvalue weighted by molar-refractivity contribution is 0.0383. The van der Waals surface area contributed by atoms with Crippen LogP contribution in [0.15, 0.2) is 36.4 Å². The van der Waals surface area contributed by atoms with E-state index >= 15 is 0 Å². The largest absolute Gasteiger partial charge is 0.497 e. The molecule has 2 unspecified atom stereocenters. The summed E-state index contributed by atoms with van der Waals surface area (Å²) in [5, 5.41) is 0. The van der Waals surface area contributed by atoms with Crippen LogP contribution < -0.4 is 4.74 Å². The van der Waals surface area contributed by atoms with Gasteiger partial charge in [-0.25, -0.2) is 0 Å². The molecular weight excluding hydrogens is 248 g/mol. The zero-order valence-corrected chi connectivity index (χ0v) is 12.7. The van der Waals surface area contributed by atoms with Crippen LogP contribution in [-0.2, 0) is 11.2 Å². The molecule has 1 aliphatic heterocycles. The van der Waals surface area contributed by atoms with Gasteiger partial charge in [-0.2, -0.15) is 0 Å². The average Bonchev–Trinajstić information content (AvgIpc) is 2.53. The van der Waals surface area contributed by atoms with E-state index in [1.54, 1.807) is 7.11 Å². The van der Waals surface area contributed by atoms with Gasteiger partial charge in [0.25, 0.3) is 0 Å². The minimum Gasteiger partial charge on any atom is -0.497 e. The molecule has 0 bridgehead atoms. The van der Waals surface area contributed by atoms with Crippen LogP contribution in [0.5, 0.6) is 5.75 Å². The molecule has 1 fully saturated rings. The van der Waals surface area contributed by atoms with Gasteiger partial charge in [-0.05, 0) is 55.2 Å². The Morgan fingerprint density at radius 3 is 2.75 bits per heavy atom. The molecule has 0 saturated carbocycles. The number of rotatable bonds is 6. The van der Waals surface area contributed by atoms with Crippen molar-refractivity contribution in [2.45, 2.75) is 32.6 Å². The molecule has 0 aliphatic carbocycles. The van der Waals surface area contributed by atoms with Crippen LogP contribution in [0.1, 0.15) is 31.7 Å². The highest BCUT2D eigenvalue weighted by atomic mass is 16.5. The predicted molar refractivity (Wildman–Crippen MR) is 83.2 cm³/mol. The van der Waals surface area contributed by atoms with E-state index in [0.717, 1.165) is 25.4 Å². The van der Waals surface area contributed by atoms with E-state index in [9.17, 15) is 0 Å². The van der Waals surface area contributed by atoms with Gasteiger partial charge in [-0.3, -0.25) is 0 Å². The van der Waals surface area contributed by atoms with Crippen molar-refractivity contribution >= 4 is 0 Å². The minimum atomic E-state index is 0.661. The van der Waals surface area contributed by atoms with E-state index in [-0.39, 0.29) is 0 Å². The average molecular weight is 274 g/mol. The molecular formula is C18H26O2. The van der Waals surface area contributed by atoms with E-state index in [4.69, 9.17) is 9.47 Å². The fraction of sp³-hybridized carbons (Fsp3) is 0.556. The molecule has 1 saturated heterocycles. The molecule has 1 aromatic rings. The number of ether oxygens (including phenoxy) is 2. The number of allylic oxidation sites excluding steroid dienone is 2. The fourth-order valence-corrected chi connectivity index (χ4v) is 2.87. The van der Waals surface area contributed by atoms with Crippen molar-refractivity contribution in [2.75, 3.05) is 20.3 Å². The Morgan fingerprint density at radius 2 is 2.15 bits per heavy atom. The molecule has 0 N–H and O–H groups in total. The zero-order chi connectivity index (χ0) is 14.2. The summed E-state index contributed by atoms with van der Waals surface area (Å²) in [6.45, 7) is 4.16. The second kappa shape index (κ2) is 8.11. The van der Waals surface area contributed by atoms with Crippen LogP contribution >= 0.6 is 0 Å². The molecule has 0 amide bonds. The lowest BCUT2D eigenvalue weighted by atomic mass is 9.85. The lowest BCUT2D eigenvalue weighted by Gasteiger charge is -2.27. The van der Waals surface area contributed by atoms with Crippen LogP contribution in [-0.4, -0.2) is 20.3 Å². The SMILES string of the molecule is CCC(C=CCc1ccc(OC)cc1)C1CCCOC1.